The second-order valence-corrected chi connectivity index (χ2v) is 5.60. The first kappa shape index (κ1) is 15.8. The number of benzene rings is 1. The first-order valence-corrected chi connectivity index (χ1v) is 7.78. The van der Waals surface area contributed by atoms with E-state index in [2.05, 4.69) is 22.9 Å². The monoisotopic (exact) mass is 351 g/mol. The van der Waals surface area contributed by atoms with Gasteiger partial charge in [-0.05, 0) is 24.6 Å². The number of nitrogens with zero attached hydrogens (tertiary/aromatic N) is 1. The molecule has 18 heavy (non-hydrogen) atoms. The first-order chi connectivity index (χ1) is 8.60. The Balaban J connectivity index is 2.87. The SMILES string of the molecule is CCCCN(CCBr)C(=O)c1ccc(Cl)cc1Cl. The molecule has 0 fully saturated rings. The Hall–Kier alpha value is -0.250. The largest absolute Gasteiger partial charge is 0.338 e. The number of unbranched alkanes of at least 4 members (excludes halogenated alkanes) is 1. The fraction of sp³-hybridized carbons (Fsp3) is 0.462. The lowest BCUT2D eigenvalue weighted by Crippen LogP contribution is -2.33. The lowest BCUT2D eigenvalue weighted by atomic mass is 10.2. The fourth-order valence-corrected chi connectivity index (χ4v) is 2.52. The standard InChI is InChI=1S/C13H16BrCl2NO/c1-2-3-7-17(8-6-14)13(18)11-5-4-10(15)9-12(11)16/h4-5,9H,2-3,6-8H2,1H3. The molecule has 100 valence electrons. The number of hydrogen-bond donors (Lipinski definition) is 0. The highest BCUT2D eigenvalue weighted by molar-refractivity contribution is 9.09. The zero-order chi connectivity index (χ0) is 13.5. The van der Waals surface area contributed by atoms with Crippen LogP contribution in [0.2, 0.25) is 10.0 Å². The van der Waals surface area contributed by atoms with Gasteiger partial charge in [-0.1, -0.05) is 52.5 Å². The minimum atomic E-state index is -0.0374. The van der Waals surface area contributed by atoms with Crippen LogP contribution >= 0.6 is 39.1 Å². The fourth-order valence-electron chi connectivity index (χ4n) is 1.60. The maximum Gasteiger partial charge on any atom is 0.255 e. The van der Waals surface area contributed by atoms with Crippen LogP contribution in [0.1, 0.15) is 30.1 Å². The quantitative estimate of drug-likeness (QED) is 0.683. The van der Waals surface area contributed by atoms with E-state index in [0.717, 1.165) is 24.7 Å². The molecule has 0 radical (unpaired) electrons. The molecule has 0 saturated carbocycles. The van der Waals surface area contributed by atoms with Gasteiger partial charge in [-0.2, -0.15) is 0 Å². The van der Waals surface area contributed by atoms with Crippen molar-refractivity contribution in [3.8, 4) is 0 Å². The van der Waals surface area contributed by atoms with Crippen molar-refractivity contribution in [2.75, 3.05) is 18.4 Å². The van der Waals surface area contributed by atoms with Crippen molar-refractivity contribution in [2.45, 2.75) is 19.8 Å². The summed E-state index contributed by atoms with van der Waals surface area (Å²) < 4.78 is 0. The van der Waals surface area contributed by atoms with Crippen molar-refractivity contribution < 1.29 is 4.79 Å². The summed E-state index contributed by atoms with van der Waals surface area (Å²) >= 11 is 15.3. The highest BCUT2D eigenvalue weighted by atomic mass is 79.9. The summed E-state index contributed by atoms with van der Waals surface area (Å²) in [5.41, 5.74) is 0.512. The van der Waals surface area contributed by atoms with Gasteiger partial charge in [-0.25, -0.2) is 0 Å². The molecule has 0 heterocycles. The summed E-state index contributed by atoms with van der Waals surface area (Å²) in [6, 6.07) is 4.97. The third-order valence-electron chi connectivity index (χ3n) is 2.58. The smallest absolute Gasteiger partial charge is 0.255 e. The van der Waals surface area contributed by atoms with Gasteiger partial charge < -0.3 is 4.90 Å². The third kappa shape index (κ3) is 4.45. The molecule has 0 unspecified atom stereocenters. The molecule has 0 bridgehead atoms. The van der Waals surface area contributed by atoms with Gasteiger partial charge in [-0.3, -0.25) is 4.79 Å². The van der Waals surface area contributed by atoms with E-state index in [1.807, 2.05) is 4.90 Å². The Morgan fingerprint density at radius 2 is 2.06 bits per heavy atom. The molecule has 5 heteroatoms. The molecule has 1 aromatic carbocycles. The number of rotatable bonds is 6. The number of amides is 1. The van der Waals surface area contributed by atoms with Crippen LogP contribution in [0.5, 0.6) is 0 Å². The highest BCUT2D eigenvalue weighted by Crippen LogP contribution is 2.22. The Morgan fingerprint density at radius 1 is 1.33 bits per heavy atom. The Kier molecular flexibility index (Phi) is 7.05. The van der Waals surface area contributed by atoms with Crippen LogP contribution in [-0.4, -0.2) is 29.2 Å². The highest BCUT2D eigenvalue weighted by Gasteiger charge is 2.17. The summed E-state index contributed by atoms with van der Waals surface area (Å²) in [5, 5.41) is 1.70. The number of hydrogen-bond acceptors (Lipinski definition) is 1. The molecule has 2 nitrogen and oxygen atoms in total. The van der Waals surface area contributed by atoms with Crippen LogP contribution in [0, 0.1) is 0 Å². The molecular formula is C13H16BrCl2NO. The molecular weight excluding hydrogens is 337 g/mol. The normalized spacial score (nSPS) is 10.4. The second kappa shape index (κ2) is 8.03. The van der Waals surface area contributed by atoms with Crippen LogP contribution in [0.4, 0.5) is 0 Å². The van der Waals surface area contributed by atoms with Gasteiger partial charge in [0.05, 0.1) is 10.6 Å². The lowest BCUT2D eigenvalue weighted by Gasteiger charge is -2.22. The molecule has 0 aliphatic carbocycles. The van der Waals surface area contributed by atoms with Gasteiger partial charge in [0, 0.05) is 23.4 Å². The van der Waals surface area contributed by atoms with E-state index in [9.17, 15) is 4.79 Å². The number of carbonyl (C=O) groups is 1. The van der Waals surface area contributed by atoms with Gasteiger partial charge in [0.2, 0.25) is 0 Å². The predicted molar refractivity (Wildman–Crippen MR) is 81.1 cm³/mol. The van der Waals surface area contributed by atoms with E-state index < -0.39 is 0 Å². The number of carbonyl (C=O) groups excluding carboxylic acids is 1. The molecule has 1 amide bonds. The average Bonchev–Trinajstić information content (AvgIpc) is 2.33. The Labute approximate surface area is 126 Å². The average molecular weight is 353 g/mol. The van der Waals surface area contributed by atoms with Crippen LogP contribution in [0.25, 0.3) is 0 Å². The summed E-state index contributed by atoms with van der Waals surface area (Å²) in [5.74, 6) is -0.0374. The molecule has 0 aliphatic rings. The minimum Gasteiger partial charge on any atom is -0.338 e. The van der Waals surface area contributed by atoms with Gasteiger partial charge in [0.25, 0.3) is 5.91 Å². The van der Waals surface area contributed by atoms with Crippen molar-refractivity contribution in [3.05, 3.63) is 33.8 Å². The van der Waals surface area contributed by atoms with Crippen molar-refractivity contribution in [2.24, 2.45) is 0 Å². The molecule has 0 N–H and O–H groups in total. The van der Waals surface area contributed by atoms with E-state index in [0.29, 0.717) is 22.2 Å². The predicted octanol–water partition coefficient (Wildman–Crippen LogP) is 4.63. The van der Waals surface area contributed by atoms with Crippen LogP contribution in [-0.2, 0) is 0 Å². The Morgan fingerprint density at radius 3 is 2.61 bits per heavy atom. The second-order valence-electron chi connectivity index (χ2n) is 3.96. The molecule has 0 atom stereocenters. The molecule has 1 rings (SSSR count). The summed E-state index contributed by atoms with van der Waals surface area (Å²) in [6.07, 6.45) is 2.05. The Bertz CT molecular complexity index is 412. The lowest BCUT2D eigenvalue weighted by molar-refractivity contribution is 0.0764. The van der Waals surface area contributed by atoms with Gasteiger partial charge in [0.15, 0.2) is 0 Å². The van der Waals surface area contributed by atoms with E-state index in [-0.39, 0.29) is 5.91 Å². The van der Waals surface area contributed by atoms with Crippen molar-refractivity contribution in [1.29, 1.82) is 0 Å². The molecule has 0 aromatic heterocycles. The van der Waals surface area contributed by atoms with E-state index >= 15 is 0 Å². The number of alkyl halides is 1. The van der Waals surface area contributed by atoms with Gasteiger partial charge >= 0.3 is 0 Å². The van der Waals surface area contributed by atoms with Crippen LogP contribution in [0.15, 0.2) is 18.2 Å². The van der Waals surface area contributed by atoms with Crippen molar-refractivity contribution >= 4 is 45.0 Å². The molecule has 1 aromatic rings. The first-order valence-electron chi connectivity index (χ1n) is 5.90. The van der Waals surface area contributed by atoms with Crippen molar-refractivity contribution in [1.82, 2.24) is 4.90 Å². The van der Waals surface area contributed by atoms with Crippen LogP contribution < -0.4 is 0 Å². The maximum atomic E-state index is 12.4. The topological polar surface area (TPSA) is 20.3 Å². The minimum absolute atomic E-state index is 0.0374. The third-order valence-corrected chi connectivity index (χ3v) is 3.49. The van der Waals surface area contributed by atoms with Crippen LogP contribution in [0.3, 0.4) is 0 Å². The van der Waals surface area contributed by atoms with Gasteiger partial charge in [-0.15, -0.1) is 0 Å². The van der Waals surface area contributed by atoms with E-state index in [1.54, 1.807) is 18.2 Å². The zero-order valence-electron chi connectivity index (χ0n) is 10.3. The van der Waals surface area contributed by atoms with Crippen molar-refractivity contribution in [3.63, 3.8) is 0 Å². The molecule has 0 spiro atoms. The van der Waals surface area contributed by atoms with E-state index in [1.165, 1.54) is 0 Å². The maximum absolute atomic E-state index is 12.4. The van der Waals surface area contributed by atoms with Gasteiger partial charge in [0.1, 0.15) is 0 Å². The molecule has 0 aliphatic heterocycles. The summed E-state index contributed by atoms with van der Waals surface area (Å²) in [6.45, 7) is 3.53. The number of halogens is 3. The van der Waals surface area contributed by atoms with E-state index in [4.69, 9.17) is 23.2 Å². The summed E-state index contributed by atoms with van der Waals surface area (Å²) in [4.78, 5) is 14.2. The summed E-state index contributed by atoms with van der Waals surface area (Å²) in [7, 11) is 0. The molecule has 0 saturated heterocycles. The zero-order valence-corrected chi connectivity index (χ0v) is 13.4.